The average molecular weight is 392 g/mol. The van der Waals surface area contributed by atoms with Crippen LogP contribution in [0.5, 0.6) is 0 Å². The van der Waals surface area contributed by atoms with Crippen molar-refractivity contribution in [3.8, 4) is 11.1 Å². The van der Waals surface area contributed by atoms with E-state index < -0.39 is 0 Å². The van der Waals surface area contributed by atoms with Crippen molar-refractivity contribution < 1.29 is 4.42 Å². The van der Waals surface area contributed by atoms with Crippen molar-refractivity contribution in [2.45, 2.75) is 19.4 Å². The van der Waals surface area contributed by atoms with Gasteiger partial charge in [0, 0.05) is 17.5 Å². The van der Waals surface area contributed by atoms with Gasteiger partial charge >= 0.3 is 0 Å². The molecule has 0 N–H and O–H groups in total. The van der Waals surface area contributed by atoms with Crippen LogP contribution in [0.2, 0.25) is 0 Å². The highest BCUT2D eigenvalue weighted by Gasteiger charge is 2.08. The molecule has 0 saturated heterocycles. The third kappa shape index (κ3) is 4.83. The van der Waals surface area contributed by atoms with E-state index in [-0.39, 0.29) is 12.4 Å². The Morgan fingerprint density at radius 3 is 2.25 bits per heavy atom. The third-order valence-corrected chi connectivity index (χ3v) is 5.07. The number of hydrogen-bond acceptors (Lipinski definition) is 2. The highest BCUT2D eigenvalue weighted by molar-refractivity contribution is 5.85. The summed E-state index contributed by atoms with van der Waals surface area (Å²) in [7, 11) is 2.18. The predicted octanol–water partition coefficient (Wildman–Crippen LogP) is 6.59. The molecule has 0 aliphatic heterocycles. The number of aryl methyl sites for hydroxylation is 1. The fourth-order valence-corrected chi connectivity index (χ4v) is 3.57. The summed E-state index contributed by atoms with van der Waals surface area (Å²) in [6.45, 7) is 1.99. The molecule has 0 spiro atoms. The maximum Gasteiger partial charge on any atom is 0.134 e. The van der Waals surface area contributed by atoms with Crippen LogP contribution < -0.4 is 0 Å². The van der Waals surface area contributed by atoms with Crippen LogP contribution in [0, 0.1) is 0 Å². The van der Waals surface area contributed by atoms with Crippen molar-refractivity contribution in [2.75, 3.05) is 13.6 Å². The van der Waals surface area contributed by atoms with Crippen molar-refractivity contribution in [2.24, 2.45) is 0 Å². The molecular weight excluding hydrogens is 366 g/mol. The molecule has 1 aromatic heterocycles. The molecule has 0 fully saturated rings. The highest BCUT2D eigenvalue weighted by Crippen LogP contribution is 2.22. The van der Waals surface area contributed by atoms with E-state index in [1.54, 1.807) is 0 Å². The standard InChI is InChI=1S/C25H25NO.ClH/c1-26(18-23-19-27-25-12-6-5-11-24(23)25)17-7-8-20-13-15-22(16-14-20)21-9-3-2-4-10-21;/h2-6,9-16,19H,7-8,17-18H2,1H3;1H. The fourth-order valence-electron chi connectivity index (χ4n) is 3.57. The molecular formula is C25H26ClNO. The third-order valence-electron chi connectivity index (χ3n) is 5.07. The molecule has 4 aromatic rings. The van der Waals surface area contributed by atoms with Crippen LogP contribution in [-0.4, -0.2) is 18.5 Å². The molecule has 0 atom stereocenters. The van der Waals surface area contributed by atoms with Crippen LogP contribution in [-0.2, 0) is 13.0 Å². The first-order valence-electron chi connectivity index (χ1n) is 9.57. The average Bonchev–Trinajstić information content (AvgIpc) is 3.12. The molecule has 0 saturated carbocycles. The van der Waals surface area contributed by atoms with Crippen molar-refractivity contribution in [3.05, 3.63) is 96.3 Å². The Morgan fingerprint density at radius 1 is 0.786 bits per heavy atom. The molecule has 3 heteroatoms. The minimum absolute atomic E-state index is 0. The quantitative estimate of drug-likeness (QED) is 0.353. The van der Waals surface area contributed by atoms with Crippen LogP contribution in [0.25, 0.3) is 22.1 Å². The number of furan rings is 1. The Labute approximate surface area is 173 Å². The molecule has 0 bridgehead atoms. The Morgan fingerprint density at radius 2 is 1.46 bits per heavy atom. The van der Waals surface area contributed by atoms with E-state index >= 15 is 0 Å². The van der Waals surface area contributed by atoms with Gasteiger partial charge in [0.25, 0.3) is 0 Å². The minimum Gasteiger partial charge on any atom is -0.464 e. The van der Waals surface area contributed by atoms with Gasteiger partial charge in [-0.3, -0.25) is 0 Å². The topological polar surface area (TPSA) is 16.4 Å². The van der Waals surface area contributed by atoms with Gasteiger partial charge in [0.2, 0.25) is 0 Å². The van der Waals surface area contributed by atoms with Crippen LogP contribution in [0.1, 0.15) is 17.5 Å². The Balaban J connectivity index is 0.00000225. The molecule has 3 aromatic carbocycles. The largest absolute Gasteiger partial charge is 0.464 e. The van der Waals surface area contributed by atoms with E-state index in [9.17, 15) is 0 Å². The number of nitrogens with zero attached hydrogens (tertiary/aromatic N) is 1. The monoisotopic (exact) mass is 391 g/mol. The van der Waals surface area contributed by atoms with Crippen molar-refractivity contribution >= 4 is 23.4 Å². The Bertz CT molecular complexity index is 992. The second kappa shape index (κ2) is 9.59. The fraction of sp³-hybridized carbons (Fsp3) is 0.200. The van der Waals surface area contributed by atoms with E-state index in [1.165, 1.54) is 27.6 Å². The van der Waals surface area contributed by atoms with Gasteiger partial charge < -0.3 is 9.32 Å². The zero-order chi connectivity index (χ0) is 18.5. The number of halogens is 1. The van der Waals surface area contributed by atoms with Gasteiger partial charge in [0.1, 0.15) is 5.58 Å². The molecule has 4 rings (SSSR count). The van der Waals surface area contributed by atoms with Crippen LogP contribution in [0.3, 0.4) is 0 Å². The molecule has 0 amide bonds. The second-order valence-corrected chi connectivity index (χ2v) is 7.16. The van der Waals surface area contributed by atoms with Gasteiger partial charge in [0.05, 0.1) is 6.26 Å². The summed E-state index contributed by atoms with van der Waals surface area (Å²) >= 11 is 0. The lowest BCUT2D eigenvalue weighted by molar-refractivity contribution is 0.322. The summed E-state index contributed by atoms with van der Waals surface area (Å²) in [6, 6.07) is 27.8. The number of rotatable bonds is 7. The SMILES string of the molecule is CN(CCCc1ccc(-c2ccccc2)cc1)Cc1coc2ccccc12.Cl. The van der Waals surface area contributed by atoms with Gasteiger partial charge in [-0.25, -0.2) is 0 Å². The number of benzene rings is 3. The van der Waals surface area contributed by atoms with Gasteiger partial charge in [-0.2, -0.15) is 0 Å². The first-order chi connectivity index (χ1) is 13.3. The smallest absolute Gasteiger partial charge is 0.134 e. The summed E-state index contributed by atoms with van der Waals surface area (Å²) in [5, 5.41) is 1.22. The number of hydrogen-bond donors (Lipinski definition) is 0. The highest BCUT2D eigenvalue weighted by atomic mass is 35.5. The zero-order valence-electron chi connectivity index (χ0n) is 16.2. The van der Waals surface area contributed by atoms with E-state index in [2.05, 4.69) is 78.7 Å². The minimum atomic E-state index is 0. The van der Waals surface area contributed by atoms with Gasteiger partial charge in [0.15, 0.2) is 0 Å². The molecule has 0 aliphatic carbocycles. The van der Waals surface area contributed by atoms with E-state index in [1.807, 2.05) is 18.4 Å². The molecule has 144 valence electrons. The van der Waals surface area contributed by atoms with E-state index in [0.717, 1.165) is 31.5 Å². The Hall–Kier alpha value is -2.55. The molecule has 28 heavy (non-hydrogen) atoms. The second-order valence-electron chi connectivity index (χ2n) is 7.16. The van der Waals surface area contributed by atoms with Crippen LogP contribution in [0.15, 0.2) is 89.5 Å². The van der Waals surface area contributed by atoms with Crippen molar-refractivity contribution in [1.82, 2.24) is 4.90 Å². The summed E-state index contributed by atoms with van der Waals surface area (Å²) in [4.78, 5) is 2.37. The maximum atomic E-state index is 5.64. The number of para-hydroxylation sites is 1. The molecule has 0 unspecified atom stereocenters. The number of fused-ring (bicyclic) bond motifs is 1. The van der Waals surface area contributed by atoms with Crippen LogP contribution in [0.4, 0.5) is 0 Å². The molecule has 2 nitrogen and oxygen atoms in total. The summed E-state index contributed by atoms with van der Waals surface area (Å²) < 4.78 is 5.64. The van der Waals surface area contributed by atoms with Gasteiger partial charge in [-0.15, -0.1) is 12.4 Å². The summed E-state index contributed by atoms with van der Waals surface area (Å²) in [5.74, 6) is 0. The van der Waals surface area contributed by atoms with E-state index in [0.29, 0.717) is 0 Å². The lowest BCUT2D eigenvalue weighted by atomic mass is 10.0. The zero-order valence-corrected chi connectivity index (χ0v) is 17.0. The summed E-state index contributed by atoms with van der Waals surface area (Å²) in [5.41, 5.74) is 6.19. The van der Waals surface area contributed by atoms with Crippen molar-refractivity contribution in [1.29, 1.82) is 0 Å². The summed E-state index contributed by atoms with van der Waals surface area (Å²) in [6.07, 6.45) is 4.14. The first-order valence-corrected chi connectivity index (χ1v) is 9.57. The van der Waals surface area contributed by atoms with Crippen molar-refractivity contribution in [3.63, 3.8) is 0 Å². The lowest BCUT2D eigenvalue weighted by Gasteiger charge is -2.15. The Kier molecular flexibility index (Phi) is 6.91. The molecule has 0 radical (unpaired) electrons. The molecule has 1 heterocycles. The van der Waals surface area contributed by atoms with E-state index in [4.69, 9.17) is 4.42 Å². The predicted molar refractivity (Wildman–Crippen MR) is 120 cm³/mol. The van der Waals surface area contributed by atoms with Gasteiger partial charge in [-0.1, -0.05) is 72.8 Å². The maximum absolute atomic E-state index is 5.64. The normalized spacial score (nSPS) is 10.9. The van der Waals surface area contributed by atoms with Gasteiger partial charge in [-0.05, 0) is 49.2 Å². The van der Waals surface area contributed by atoms with Crippen LogP contribution >= 0.6 is 12.4 Å². The lowest BCUT2D eigenvalue weighted by Crippen LogP contribution is -2.19. The first kappa shape index (κ1) is 20.2. The molecule has 0 aliphatic rings.